The lowest BCUT2D eigenvalue weighted by Gasteiger charge is -2.12. The maximum absolute atomic E-state index is 12.0. The molecule has 0 spiro atoms. The van der Waals surface area contributed by atoms with E-state index in [0.29, 0.717) is 10.7 Å². The number of carbonyl (C=O) groups is 1. The smallest absolute Gasteiger partial charge is 0.319 e. The number of nitrogens with one attached hydrogen (secondary N) is 2. The van der Waals surface area contributed by atoms with Crippen molar-refractivity contribution >= 4 is 33.3 Å². The number of hydrogen-bond donors (Lipinski definition) is 2. The highest BCUT2D eigenvalue weighted by atomic mass is 35.5. The number of rotatable bonds is 5. The van der Waals surface area contributed by atoms with Crippen LogP contribution in [0.25, 0.3) is 0 Å². The first kappa shape index (κ1) is 18.3. The number of urea groups is 1. The van der Waals surface area contributed by atoms with Crippen LogP contribution in [0.3, 0.4) is 0 Å². The lowest BCUT2D eigenvalue weighted by molar-refractivity contribution is 0.251. The molecule has 8 heteroatoms. The van der Waals surface area contributed by atoms with Crippen LogP contribution >= 0.6 is 11.6 Å². The first-order valence-corrected chi connectivity index (χ1v) is 8.93. The summed E-state index contributed by atoms with van der Waals surface area (Å²) < 4.78 is 25.1. The molecule has 0 unspecified atom stereocenters. The molecule has 2 amide bonds. The van der Waals surface area contributed by atoms with Gasteiger partial charge in [0.05, 0.1) is 4.90 Å². The van der Waals surface area contributed by atoms with E-state index in [1.807, 2.05) is 0 Å². The molecule has 0 saturated heterocycles. The summed E-state index contributed by atoms with van der Waals surface area (Å²) in [5.41, 5.74) is 1.38. The molecule has 0 aliphatic rings. The molecule has 6 nitrogen and oxygen atoms in total. The number of nitrogens with zero attached hydrogens (tertiary/aromatic N) is 1. The largest absolute Gasteiger partial charge is 0.334 e. The quantitative estimate of drug-likeness (QED) is 0.852. The van der Waals surface area contributed by atoms with Gasteiger partial charge >= 0.3 is 6.03 Å². The Balaban J connectivity index is 1.94. The zero-order valence-corrected chi connectivity index (χ0v) is 14.9. The Morgan fingerprint density at radius 1 is 1.12 bits per heavy atom. The summed E-state index contributed by atoms with van der Waals surface area (Å²) in [7, 11) is -0.494. The van der Waals surface area contributed by atoms with Gasteiger partial charge in [-0.05, 0) is 35.9 Å². The summed E-state index contributed by atoms with van der Waals surface area (Å²) in [5, 5.41) is 5.89. The van der Waals surface area contributed by atoms with E-state index in [-0.39, 0.29) is 17.5 Å². The van der Waals surface area contributed by atoms with E-state index in [4.69, 9.17) is 11.6 Å². The number of amides is 2. The predicted molar refractivity (Wildman–Crippen MR) is 94.6 cm³/mol. The first-order valence-electron chi connectivity index (χ1n) is 7.11. The number of benzene rings is 2. The summed E-state index contributed by atoms with van der Waals surface area (Å²) in [4.78, 5) is 12.1. The fourth-order valence-electron chi connectivity index (χ4n) is 1.91. The molecule has 0 heterocycles. The maximum atomic E-state index is 12.0. The van der Waals surface area contributed by atoms with Crippen LogP contribution in [0.4, 0.5) is 10.5 Å². The molecule has 0 saturated carbocycles. The summed E-state index contributed by atoms with van der Waals surface area (Å²) in [6.07, 6.45) is 0. The minimum absolute atomic E-state index is 0.208. The van der Waals surface area contributed by atoms with Crippen LogP contribution in [0.5, 0.6) is 0 Å². The second-order valence-electron chi connectivity index (χ2n) is 5.25. The predicted octanol–water partition coefficient (Wildman–Crippen LogP) is 2.91. The highest BCUT2D eigenvalue weighted by Crippen LogP contribution is 2.15. The van der Waals surface area contributed by atoms with E-state index in [2.05, 4.69) is 10.6 Å². The third-order valence-corrected chi connectivity index (χ3v) is 5.30. The molecule has 2 rings (SSSR count). The lowest BCUT2D eigenvalue weighted by Crippen LogP contribution is -2.28. The van der Waals surface area contributed by atoms with Crippen LogP contribution in [0.2, 0.25) is 5.02 Å². The van der Waals surface area contributed by atoms with Gasteiger partial charge in [0.2, 0.25) is 10.0 Å². The minimum Gasteiger partial charge on any atom is -0.334 e. The van der Waals surface area contributed by atoms with Gasteiger partial charge in [-0.2, -0.15) is 0 Å². The third kappa shape index (κ3) is 4.70. The number of anilines is 1. The van der Waals surface area contributed by atoms with Gasteiger partial charge in [-0.25, -0.2) is 17.5 Å². The van der Waals surface area contributed by atoms with Crippen LogP contribution in [0.1, 0.15) is 5.56 Å². The van der Waals surface area contributed by atoms with Gasteiger partial charge in [-0.1, -0.05) is 29.8 Å². The Kier molecular flexibility index (Phi) is 5.82. The van der Waals surface area contributed by atoms with Gasteiger partial charge in [-0.15, -0.1) is 0 Å². The molecule has 128 valence electrons. The van der Waals surface area contributed by atoms with Crippen molar-refractivity contribution in [2.24, 2.45) is 0 Å². The van der Waals surface area contributed by atoms with Crippen molar-refractivity contribution in [2.75, 3.05) is 19.4 Å². The Labute approximate surface area is 146 Å². The molecule has 0 atom stereocenters. The summed E-state index contributed by atoms with van der Waals surface area (Å²) >= 11 is 5.85. The second kappa shape index (κ2) is 7.65. The maximum Gasteiger partial charge on any atom is 0.319 e. The summed E-state index contributed by atoms with van der Waals surface area (Å²) in [6, 6.07) is 12.8. The van der Waals surface area contributed by atoms with E-state index in [1.54, 1.807) is 36.4 Å². The topological polar surface area (TPSA) is 78.5 Å². The molecule has 0 radical (unpaired) electrons. The van der Waals surface area contributed by atoms with Crippen LogP contribution in [0, 0.1) is 0 Å². The van der Waals surface area contributed by atoms with Gasteiger partial charge in [0.1, 0.15) is 0 Å². The van der Waals surface area contributed by atoms with Crippen LogP contribution < -0.4 is 10.6 Å². The highest BCUT2D eigenvalue weighted by Gasteiger charge is 2.16. The van der Waals surface area contributed by atoms with Crippen molar-refractivity contribution < 1.29 is 13.2 Å². The molecule has 0 aromatic heterocycles. The third-order valence-electron chi connectivity index (χ3n) is 3.24. The highest BCUT2D eigenvalue weighted by molar-refractivity contribution is 7.89. The van der Waals surface area contributed by atoms with Gasteiger partial charge < -0.3 is 10.6 Å². The lowest BCUT2D eigenvalue weighted by atomic mass is 10.2. The Morgan fingerprint density at radius 3 is 2.38 bits per heavy atom. The molecule has 2 N–H and O–H groups in total. The van der Waals surface area contributed by atoms with Crippen LogP contribution in [0.15, 0.2) is 53.4 Å². The van der Waals surface area contributed by atoms with Crippen molar-refractivity contribution in [1.29, 1.82) is 0 Å². The number of carbonyl (C=O) groups excluding carboxylic acids is 1. The molecule has 2 aromatic rings. The minimum atomic E-state index is -3.45. The van der Waals surface area contributed by atoms with Crippen molar-refractivity contribution in [3.63, 3.8) is 0 Å². The van der Waals surface area contributed by atoms with Crippen molar-refractivity contribution in [2.45, 2.75) is 11.4 Å². The average Bonchev–Trinajstić information content (AvgIpc) is 2.53. The van der Waals surface area contributed by atoms with E-state index in [0.717, 1.165) is 9.87 Å². The average molecular weight is 368 g/mol. The number of halogens is 1. The van der Waals surface area contributed by atoms with E-state index in [9.17, 15) is 13.2 Å². The van der Waals surface area contributed by atoms with Gasteiger partial charge in [0.25, 0.3) is 0 Å². The molecular weight excluding hydrogens is 350 g/mol. The van der Waals surface area contributed by atoms with Gasteiger partial charge in [0, 0.05) is 31.4 Å². The number of hydrogen-bond acceptors (Lipinski definition) is 3. The first-order chi connectivity index (χ1) is 11.3. The Bertz CT molecular complexity index is 821. The fourth-order valence-corrected chi connectivity index (χ4v) is 3.01. The van der Waals surface area contributed by atoms with Crippen LogP contribution in [-0.2, 0) is 16.6 Å². The molecule has 24 heavy (non-hydrogen) atoms. The zero-order chi connectivity index (χ0) is 17.7. The normalized spacial score (nSPS) is 11.3. The molecule has 2 aromatic carbocycles. The summed E-state index contributed by atoms with van der Waals surface area (Å²) in [6.45, 7) is 0.273. The zero-order valence-electron chi connectivity index (χ0n) is 13.3. The molecule has 0 fully saturated rings. The Hall–Kier alpha value is -2.09. The van der Waals surface area contributed by atoms with Crippen molar-refractivity contribution in [3.05, 3.63) is 59.1 Å². The van der Waals surface area contributed by atoms with E-state index < -0.39 is 10.0 Å². The monoisotopic (exact) mass is 367 g/mol. The Morgan fingerprint density at radius 2 is 1.79 bits per heavy atom. The standard InChI is InChI=1S/C16H18ClN3O3S/c1-20(2)24(22,23)15-8-6-12(7-9-15)11-18-16(21)19-14-5-3-4-13(17)10-14/h3-10H,11H2,1-2H3,(H2,18,19,21). The van der Waals surface area contributed by atoms with E-state index >= 15 is 0 Å². The number of sulfonamides is 1. The van der Waals surface area contributed by atoms with Crippen molar-refractivity contribution in [3.8, 4) is 0 Å². The molecule has 0 aliphatic carbocycles. The fraction of sp³-hybridized carbons (Fsp3) is 0.188. The SMILES string of the molecule is CN(C)S(=O)(=O)c1ccc(CNC(=O)Nc2cccc(Cl)c2)cc1. The second-order valence-corrected chi connectivity index (χ2v) is 7.84. The molecule has 0 aliphatic heterocycles. The van der Waals surface area contributed by atoms with E-state index in [1.165, 1.54) is 26.2 Å². The van der Waals surface area contributed by atoms with Gasteiger partial charge in [0.15, 0.2) is 0 Å². The van der Waals surface area contributed by atoms with Crippen LogP contribution in [-0.4, -0.2) is 32.8 Å². The van der Waals surface area contributed by atoms with Gasteiger partial charge in [-0.3, -0.25) is 0 Å². The molecular formula is C16H18ClN3O3S. The summed E-state index contributed by atoms with van der Waals surface area (Å²) in [5.74, 6) is 0. The molecule has 0 bridgehead atoms. The van der Waals surface area contributed by atoms with Crippen molar-refractivity contribution in [1.82, 2.24) is 9.62 Å².